The lowest BCUT2D eigenvalue weighted by atomic mass is 10.2. The Kier molecular flexibility index (Phi) is 5.46. The van der Waals surface area contributed by atoms with Gasteiger partial charge in [0.15, 0.2) is 0 Å². The highest BCUT2D eigenvalue weighted by Crippen LogP contribution is 2.17. The lowest BCUT2D eigenvalue weighted by Crippen LogP contribution is -2.41. The van der Waals surface area contributed by atoms with Crippen LogP contribution in [0.5, 0.6) is 0 Å². The Labute approximate surface area is 131 Å². The second-order valence-electron chi connectivity index (χ2n) is 4.34. The molecule has 1 aliphatic rings. The minimum atomic E-state index is -0.360. The highest BCUT2D eigenvalue weighted by Gasteiger charge is 2.29. The molecule has 0 spiro atoms. The van der Waals surface area contributed by atoms with E-state index in [0.29, 0.717) is 11.6 Å². The summed E-state index contributed by atoms with van der Waals surface area (Å²) in [5, 5.41) is 5.62. The van der Waals surface area contributed by atoms with E-state index < -0.39 is 0 Å². The number of nitrogens with zero attached hydrogens (tertiary/aromatic N) is 1. The van der Waals surface area contributed by atoms with Gasteiger partial charge in [0.25, 0.3) is 5.24 Å². The first-order valence-electron chi connectivity index (χ1n) is 6.29. The Bertz CT molecular complexity index is 551. The molecule has 1 aliphatic heterocycles. The van der Waals surface area contributed by atoms with E-state index >= 15 is 0 Å². The molecule has 2 rings (SSSR count). The predicted octanol–water partition coefficient (Wildman–Crippen LogP) is 1.83. The summed E-state index contributed by atoms with van der Waals surface area (Å²) < 4.78 is 0. The third kappa shape index (κ3) is 4.64. The summed E-state index contributed by atoms with van der Waals surface area (Å²) in [4.78, 5) is 35.4. The summed E-state index contributed by atoms with van der Waals surface area (Å²) in [5.74, 6) is -0.0362. The van der Waals surface area contributed by atoms with Crippen LogP contribution < -0.4 is 10.6 Å². The molecule has 21 heavy (non-hydrogen) atoms. The number of urea groups is 1. The normalized spacial score (nSPS) is 14.4. The maximum absolute atomic E-state index is 11.6. The second-order valence-corrected chi connectivity index (χ2v) is 5.70. The monoisotopic (exact) mass is 327 g/mol. The Balaban J connectivity index is 1.68. The summed E-state index contributed by atoms with van der Waals surface area (Å²) in [6.07, 6.45) is 0. The van der Waals surface area contributed by atoms with Gasteiger partial charge in [0.05, 0.1) is 5.75 Å². The highest BCUT2D eigenvalue weighted by atomic mass is 35.5. The molecule has 8 heteroatoms. The van der Waals surface area contributed by atoms with Crippen molar-refractivity contribution in [3.8, 4) is 0 Å². The van der Waals surface area contributed by atoms with Gasteiger partial charge in [0.2, 0.25) is 5.91 Å². The van der Waals surface area contributed by atoms with E-state index in [1.165, 1.54) is 0 Å². The molecule has 4 amide bonds. The van der Waals surface area contributed by atoms with E-state index in [4.69, 9.17) is 11.6 Å². The number of amides is 4. The van der Waals surface area contributed by atoms with Crippen molar-refractivity contribution in [3.63, 3.8) is 0 Å². The van der Waals surface area contributed by atoms with Gasteiger partial charge in [0, 0.05) is 24.7 Å². The smallest absolute Gasteiger partial charge is 0.315 e. The van der Waals surface area contributed by atoms with Crippen molar-refractivity contribution >= 4 is 40.5 Å². The minimum Gasteiger partial charge on any atom is -0.336 e. The van der Waals surface area contributed by atoms with Gasteiger partial charge in [-0.05, 0) is 17.7 Å². The molecule has 112 valence electrons. The Hall–Kier alpha value is -1.73. The van der Waals surface area contributed by atoms with Crippen LogP contribution in [0, 0.1) is 0 Å². The lowest BCUT2D eigenvalue weighted by molar-refractivity contribution is -0.124. The first-order valence-corrected chi connectivity index (χ1v) is 7.66. The maximum Gasteiger partial charge on any atom is 0.315 e. The summed E-state index contributed by atoms with van der Waals surface area (Å²) in [6, 6.07) is 6.82. The molecule has 0 saturated carbocycles. The molecule has 1 fully saturated rings. The summed E-state index contributed by atoms with van der Waals surface area (Å²) in [7, 11) is 0. The topological polar surface area (TPSA) is 78.5 Å². The molecule has 1 aromatic carbocycles. The summed E-state index contributed by atoms with van der Waals surface area (Å²) in [6.45, 7) is 0.762. The van der Waals surface area contributed by atoms with Crippen molar-refractivity contribution < 1.29 is 14.4 Å². The fourth-order valence-corrected chi connectivity index (χ4v) is 2.73. The number of halogens is 1. The highest BCUT2D eigenvalue weighted by molar-refractivity contribution is 8.14. The van der Waals surface area contributed by atoms with Crippen molar-refractivity contribution in [1.29, 1.82) is 0 Å². The van der Waals surface area contributed by atoms with Crippen LogP contribution >= 0.6 is 23.4 Å². The molecular formula is C13H14ClN3O3S. The van der Waals surface area contributed by atoms with E-state index in [1.807, 2.05) is 6.07 Å². The van der Waals surface area contributed by atoms with Crippen LogP contribution in [0.25, 0.3) is 0 Å². The standard InChI is InChI=1S/C13H14ClN3O3S/c14-10-3-1-2-9(6-10)7-16-12(19)15-4-5-17-11(18)8-21-13(17)20/h1-3,6H,4-5,7-8H2,(H2,15,16,19). The first-order chi connectivity index (χ1) is 10.1. The molecule has 0 bridgehead atoms. The fourth-order valence-electron chi connectivity index (χ4n) is 1.77. The molecule has 0 radical (unpaired) electrons. The molecule has 1 heterocycles. The van der Waals surface area contributed by atoms with E-state index in [0.717, 1.165) is 22.2 Å². The van der Waals surface area contributed by atoms with Crippen molar-refractivity contribution in [2.24, 2.45) is 0 Å². The Morgan fingerprint density at radius 3 is 2.81 bits per heavy atom. The molecule has 0 aromatic heterocycles. The number of carbonyl (C=O) groups excluding carboxylic acids is 3. The van der Waals surface area contributed by atoms with Crippen molar-refractivity contribution in [1.82, 2.24) is 15.5 Å². The Morgan fingerprint density at radius 1 is 1.33 bits per heavy atom. The van der Waals surface area contributed by atoms with E-state index in [1.54, 1.807) is 18.2 Å². The van der Waals surface area contributed by atoms with Gasteiger partial charge in [-0.2, -0.15) is 0 Å². The maximum atomic E-state index is 11.6. The number of nitrogens with one attached hydrogen (secondary N) is 2. The van der Waals surface area contributed by atoms with Crippen molar-refractivity contribution in [3.05, 3.63) is 34.9 Å². The van der Waals surface area contributed by atoms with Crippen LogP contribution in [-0.2, 0) is 11.3 Å². The predicted molar refractivity (Wildman–Crippen MR) is 81.3 cm³/mol. The minimum absolute atomic E-state index is 0.180. The van der Waals surface area contributed by atoms with Gasteiger partial charge >= 0.3 is 6.03 Å². The van der Waals surface area contributed by atoms with Gasteiger partial charge in [-0.1, -0.05) is 35.5 Å². The number of thioether (sulfide) groups is 1. The number of imide groups is 1. The molecule has 0 unspecified atom stereocenters. The lowest BCUT2D eigenvalue weighted by Gasteiger charge is -2.13. The second kappa shape index (κ2) is 7.33. The van der Waals surface area contributed by atoms with Crippen LogP contribution in [0.15, 0.2) is 24.3 Å². The average Bonchev–Trinajstić information content (AvgIpc) is 2.77. The number of hydrogen-bond donors (Lipinski definition) is 2. The Morgan fingerprint density at radius 2 is 2.14 bits per heavy atom. The fraction of sp³-hybridized carbons (Fsp3) is 0.308. The zero-order valence-corrected chi connectivity index (χ0v) is 12.7. The number of rotatable bonds is 5. The first kappa shape index (κ1) is 15.7. The molecule has 1 saturated heterocycles. The van der Waals surface area contributed by atoms with Crippen molar-refractivity contribution in [2.75, 3.05) is 18.8 Å². The van der Waals surface area contributed by atoms with Gasteiger partial charge in [-0.25, -0.2) is 4.79 Å². The van der Waals surface area contributed by atoms with Crippen LogP contribution in [0.4, 0.5) is 9.59 Å². The zero-order valence-electron chi connectivity index (χ0n) is 11.1. The zero-order chi connectivity index (χ0) is 15.2. The largest absolute Gasteiger partial charge is 0.336 e. The van der Waals surface area contributed by atoms with Crippen LogP contribution in [0.3, 0.4) is 0 Å². The molecule has 2 N–H and O–H groups in total. The average molecular weight is 328 g/mol. The van der Waals surface area contributed by atoms with Gasteiger partial charge in [-0.15, -0.1) is 0 Å². The molecule has 6 nitrogen and oxygen atoms in total. The van der Waals surface area contributed by atoms with Crippen LogP contribution in [0.2, 0.25) is 5.02 Å². The summed E-state index contributed by atoms with van der Waals surface area (Å²) in [5.41, 5.74) is 0.888. The SMILES string of the molecule is O=C(NCCN1C(=O)CSC1=O)NCc1cccc(Cl)c1. The third-order valence-corrected chi connectivity index (χ3v) is 3.90. The van der Waals surface area contributed by atoms with E-state index in [-0.39, 0.29) is 36.0 Å². The summed E-state index contributed by atoms with van der Waals surface area (Å²) >= 11 is 6.82. The van der Waals surface area contributed by atoms with Crippen LogP contribution in [-0.4, -0.2) is 40.9 Å². The van der Waals surface area contributed by atoms with Gasteiger partial charge in [0.1, 0.15) is 0 Å². The van der Waals surface area contributed by atoms with E-state index in [9.17, 15) is 14.4 Å². The van der Waals surface area contributed by atoms with Crippen molar-refractivity contribution in [2.45, 2.75) is 6.54 Å². The third-order valence-electron chi connectivity index (χ3n) is 2.80. The number of hydrogen-bond acceptors (Lipinski definition) is 4. The van der Waals surface area contributed by atoms with E-state index in [2.05, 4.69) is 10.6 Å². The molecule has 0 atom stereocenters. The van der Waals surface area contributed by atoms with Gasteiger partial charge in [-0.3, -0.25) is 14.5 Å². The molecule has 0 aliphatic carbocycles. The molecular weight excluding hydrogens is 314 g/mol. The molecule has 1 aromatic rings. The van der Waals surface area contributed by atoms with Gasteiger partial charge < -0.3 is 10.6 Å². The number of carbonyl (C=O) groups is 3. The quantitative estimate of drug-likeness (QED) is 0.865. The van der Waals surface area contributed by atoms with Crippen LogP contribution in [0.1, 0.15) is 5.56 Å². The number of benzene rings is 1.